The summed E-state index contributed by atoms with van der Waals surface area (Å²) in [4.78, 5) is 20.6. The number of hydrogen-bond acceptors (Lipinski definition) is 6. The van der Waals surface area contributed by atoms with Gasteiger partial charge in [-0.25, -0.2) is 15.0 Å². The third kappa shape index (κ3) is 3.90. The standard InChI is InChI=1S/C44H24N4O2/c1-2-10-26-25(9-1)19-20-28-27(26)21-22-29-30(23-24-45-41(28)29)42-46-43(33-13-7-17-37-39(33)31-11-3-5-15-35(31)49-37)48-44(47-42)34-14-8-18-38-40(34)32-12-4-6-16-36(32)50-38/h1-24H. The lowest BCUT2D eigenvalue weighted by molar-refractivity contribution is 0.668. The monoisotopic (exact) mass is 640 g/mol. The molecule has 0 N–H and O–H groups in total. The van der Waals surface area contributed by atoms with Crippen LogP contribution in [0.15, 0.2) is 155 Å². The van der Waals surface area contributed by atoms with Gasteiger partial charge < -0.3 is 8.83 Å². The minimum Gasteiger partial charge on any atom is -0.456 e. The van der Waals surface area contributed by atoms with Crippen molar-refractivity contribution in [3.63, 3.8) is 0 Å². The van der Waals surface area contributed by atoms with Crippen LogP contribution in [0.2, 0.25) is 0 Å². The van der Waals surface area contributed by atoms with Crippen molar-refractivity contribution in [1.82, 2.24) is 19.9 Å². The molecule has 0 radical (unpaired) electrons. The Morgan fingerprint density at radius 2 is 0.860 bits per heavy atom. The van der Waals surface area contributed by atoms with E-state index in [0.29, 0.717) is 17.5 Å². The molecule has 6 heteroatoms. The van der Waals surface area contributed by atoms with Gasteiger partial charge in [0.1, 0.15) is 22.3 Å². The van der Waals surface area contributed by atoms with Gasteiger partial charge in [-0.2, -0.15) is 0 Å². The quantitative estimate of drug-likeness (QED) is 0.179. The van der Waals surface area contributed by atoms with Crippen molar-refractivity contribution in [3.05, 3.63) is 146 Å². The molecule has 0 amide bonds. The number of pyridine rings is 1. The van der Waals surface area contributed by atoms with Crippen molar-refractivity contribution in [2.75, 3.05) is 0 Å². The first kappa shape index (κ1) is 27.1. The van der Waals surface area contributed by atoms with Crippen molar-refractivity contribution in [1.29, 1.82) is 0 Å². The number of aromatic nitrogens is 4. The molecule has 0 aliphatic heterocycles. The maximum absolute atomic E-state index is 6.28. The van der Waals surface area contributed by atoms with E-state index in [1.54, 1.807) is 0 Å². The Morgan fingerprint density at radius 1 is 0.340 bits per heavy atom. The molecule has 0 aliphatic rings. The van der Waals surface area contributed by atoms with Gasteiger partial charge in [-0.3, -0.25) is 4.98 Å². The molecule has 0 aliphatic carbocycles. The van der Waals surface area contributed by atoms with Crippen LogP contribution in [0.3, 0.4) is 0 Å². The van der Waals surface area contributed by atoms with E-state index in [1.165, 1.54) is 10.8 Å². The SMILES string of the molecule is c1ccc2c(c1)ccc1c2ccc2c(-c3nc(-c4cccc5oc6ccccc6c45)nc(-c4cccc5oc6ccccc6c45)n3)ccnc21. The second-order valence-corrected chi connectivity index (χ2v) is 12.6. The molecule has 0 saturated carbocycles. The molecule has 4 aromatic heterocycles. The topological polar surface area (TPSA) is 77.8 Å². The summed E-state index contributed by atoms with van der Waals surface area (Å²) in [5.41, 5.74) is 6.72. The fourth-order valence-corrected chi connectivity index (χ4v) is 7.56. The Hall–Kier alpha value is -6.92. The van der Waals surface area contributed by atoms with Crippen molar-refractivity contribution in [2.45, 2.75) is 0 Å². The number of para-hydroxylation sites is 2. The van der Waals surface area contributed by atoms with Crippen molar-refractivity contribution in [2.24, 2.45) is 0 Å². The van der Waals surface area contributed by atoms with Crippen LogP contribution in [-0.2, 0) is 0 Å². The molecule has 0 fully saturated rings. The molecule has 11 aromatic rings. The smallest absolute Gasteiger partial charge is 0.164 e. The highest BCUT2D eigenvalue weighted by Crippen LogP contribution is 2.40. The maximum atomic E-state index is 6.28. The largest absolute Gasteiger partial charge is 0.456 e. The fraction of sp³-hybridized carbons (Fsp3) is 0. The lowest BCUT2D eigenvalue weighted by atomic mass is 9.97. The predicted octanol–water partition coefficient (Wildman–Crippen LogP) is 11.5. The van der Waals surface area contributed by atoms with Gasteiger partial charge in [-0.1, -0.05) is 109 Å². The molecule has 50 heavy (non-hydrogen) atoms. The summed E-state index contributed by atoms with van der Waals surface area (Å²) in [5, 5.41) is 9.57. The first-order valence-corrected chi connectivity index (χ1v) is 16.6. The third-order valence-electron chi connectivity index (χ3n) is 9.80. The van der Waals surface area contributed by atoms with Crippen molar-refractivity contribution < 1.29 is 8.83 Å². The van der Waals surface area contributed by atoms with Crippen LogP contribution in [0.1, 0.15) is 0 Å². The Labute approximate surface area is 284 Å². The van der Waals surface area contributed by atoms with Gasteiger partial charge in [0.05, 0.1) is 5.52 Å². The van der Waals surface area contributed by atoms with Crippen LogP contribution in [-0.4, -0.2) is 19.9 Å². The number of nitrogens with zero attached hydrogens (tertiary/aromatic N) is 4. The van der Waals surface area contributed by atoms with E-state index in [1.807, 2.05) is 72.9 Å². The second kappa shape index (κ2) is 10.3. The molecule has 11 rings (SSSR count). The van der Waals surface area contributed by atoms with Gasteiger partial charge in [0.25, 0.3) is 0 Å². The van der Waals surface area contributed by atoms with Gasteiger partial charge in [-0.05, 0) is 46.5 Å². The predicted molar refractivity (Wildman–Crippen MR) is 201 cm³/mol. The van der Waals surface area contributed by atoms with Crippen LogP contribution in [0.4, 0.5) is 0 Å². The summed E-state index contributed by atoms with van der Waals surface area (Å²) < 4.78 is 12.6. The number of furan rings is 2. The number of hydrogen-bond donors (Lipinski definition) is 0. The van der Waals surface area contributed by atoms with Gasteiger partial charge >= 0.3 is 0 Å². The first-order valence-electron chi connectivity index (χ1n) is 16.6. The summed E-state index contributed by atoms with van der Waals surface area (Å²) in [6.07, 6.45) is 1.85. The highest BCUT2D eigenvalue weighted by atomic mass is 16.3. The highest BCUT2D eigenvalue weighted by Gasteiger charge is 2.21. The van der Waals surface area contributed by atoms with Crippen LogP contribution in [0.25, 0.3) is 110 Å². The Kier molecular flexibility index (Phi) is 5.57. The van der Waals surface area contributed by atoms with E-state index in [9.17, 15) is 0 Å². The van der Waals surface area contributed by atoms with Crippen LogP contribution < -0.4 is 0 Å². The minimum atomic E-state index is 0.559. The Balaban J connectivity index is 1.23. The lowest BCUT2D eigenvalue weighted by Crippen LogP contribution is -2.01. The molecule has 0 bridgehead atoms. The normalized spacial score (nSPS) is 12.0. The molecule has 0 spiro atoms. The summed E-state index contributed by atoms with van der Waals surface area (Å²) in [6.45, 7) is 0. The lowest BCUT2D eigenvalue weighted by Gasteiger charge is -2.12. The fourth-order valence-electron chi connectivity index (χ4n) is 7.56. The molecule has 232 valence electrons. The van der Waals surface area contributed by atoms with E-state index in [-0.39, 0.29) is 0 Å². The summed E-state index contributed by atoms with van der Waals surface area (Å²) in [7, 11) is 0. The van der Waals surface area contributed by atoms with Gasteiger partial charge in [-0.15, -0.1) is 0 Å². The first-order chi connectivity index (χ1) is 24.8. The Bertz CT molecular complexity index is 3040. The zero-order valence-electron chi connectivity index (χ0n) is 26.5. The van der Waals surface area contributed by atoms with E-state index >= 15 is 0 Å². The van der Waals surface area contributed by atoms with E-state index in [0.717, 1.165) is 82.2 Å². The van der Waals surface area contributed by atoms with Gasteiger partial charge in [0.15, 0.2) is 17.5 Å². The van der Waals surface area contributed by atoms with E-state index in [4.69, 9.17) is 28.8 Å². The molecular formula is C44H24N4O2. The highest BCUT2D eigenvalue weighted by molar-refractivity contribution is 6.18. The van der Waals surface area contributed by atoms with Crippen molar-refractivity contribution >= 4 is 76.3 Å². The molecule has 0 saturated heterocycles. The number of fused-ring (bicyclic) bond motifs is 11. The zero-order valence-corrected chi connectivity index (χ0v) is 26.5. The van der Waals surface area contributed by atoms with Crippen LogP contribution in [0, 0.1) is 0 Å². The van der Waals surface area contributed by atoms with Crippen LogP contribution >= 0.6 is 0 Å². The van der Waals surface area contributed by atoms with Crippen molar-refractivity contribution in [3.8, 4) is 34.2 Å². The molecule has 0 unspecified atom stereocenters. The van der Waals surface area contributed by atoms with Gasteiger partial charge in [0.2, 0.25) is 0 Å². The number of rotatable bonds is 3. The van der Waals surface area contributed by atoms with E-state index < -0.39 is 0 Å². The number of benzene rings is 7. The average Bonchev–Trinajstić information content (AvgIpc) is 3.76. The summed E-state index contributed by atoms with van der Waals surface area (Å²) in [5.74, 6) is 1.68. The van der Waals surface area contributed by atoms with Crippen LogP contribution in [0.5, 0.6) is 0 Å². The average molecular weight is 641 g/mol. The molecular weight excluding hydrogens is 617 g/mol. The summed E-state index contributed by atoms with van der Waals surface area (Å²) in [6, 6.07) is 47.4. The minimum absolute atomic E-state index is 0.559. The molecule has 6 nitrogen and oxygen atoms in total. The maximum Gasteiger partial charge on any atom is 0.164 e. The Morgan fingerprint density at radius 3 is 1.52 bits per heavy atom. The third-order valence-corrected chi connectivity index (χ3v) is 9.80. The molecule has 0 atom stereocenters. The summed E-state index contributed by atoms with van der Waals surface area (Å²) >= 11 is 0. The van der Waals surface area contributed by atoms with Gasteiger partial charge in [0, 0.05) is 55.2 Å². The zero-order chi connectivity index (χ0) is 32.8. The molecule has 4 heterocycles. The molecule has 7 aromatic carbocycles. The second-order valence-electron chi connectivity index (χ2n) is 12.6. The van der Waals surface area contributed by atoms with E-state index in [2.05, 4.69) is 72.8 Å².